The van der Waals surface area contributed by atoms with Gasteiger partial charge in [-0.15, -0.1) is 0 Å². The highest BCUT2D eigenvalue weighted by atomic mass is 16.3. The minimum atomic E-state index is -0.296. The molecule has 0 saturated carbocycles. The van der Waals surface area contributed by atoms with Gasteiger partial charge in [0.1, 0.15) is 5.82 Å². The van der Waals surface area contributed by atoms with Crippen LogP contribution in [0.5, 0.6) is 0 Å². The van der Waals surface area contributed by atoms with Gasteiger partial charge in [-0.1, -0.05) is 18.2 Å². The Labute approximate surface area is 137 Å². The highest BCUT2D eigenvalue weighted by Gasteiger charge is 2.17. The van der Waals surface area contributed by atoms with Crippen molar-refractivity contribution in [2.75, 3.05) is 31.2 Å². The molecule has 1 aromatic carbocycles. The third-order valence-electron chi connectivity index (χ3n) is 4.46. The van der Waals surface area contributed by atoms with Crippen molar-refractivity contribution in [3.05, 3.63) is 35.9 Å². The van der Waals surface area contributed by atoms with Crippen molar-refractivity contribution in [2.45, 2.75) is 31.8 Å². The molecule has 0 bridgehead atoms. The first-order valence-electron chi connectivity index (χ1n) is 8.40. The fraction of sp³-hybridized carbons (Fsp3) is 0.500. The molecule has 0 amide bonds. The van der Waals surface area contributed by atoms with Crippen molar-refractivity contribution < 1.29 is 10.2 Å². The van der Waals surface area contributed by atoms with Gasteiger partial charge in [0.15, 0.2) is 0 Å². The van der Waals surface area contributed by atoms with E-state index in [1.54, 1.807) is 0 Å². The van der Waals surface area contributed by atoms with Crippen LogP contribution < -0.4 is 10.2 Å². The molecule has 1 aliphatic heterocycles. The van der Waals surface area contributed by atoms with Crippen LogP contribution in [0, 0.1) is 0 Å². The number of hydrogen-bond donors (Lipinski definition) is 3. The minimum Gasteiger partial charge on any atom is -0.395 e. The molecule has 0 unspecified atom stereocenters. The van der Waals surface area contributed by atoms with Crippen LogP contribution in [0.1, 0.15) is 24.8 Å². The maximum Gasteiger partial charge on any atom is 0.133 e. The van der Waals surface area contributed by atoms with Gasteiger partial charge in [0.25, 0.3) is 0 Å². The first-order valence-corrected chi connectivity index (χ1v) is 8.40. The Kier molecular flexibility index (Phi) is 5.43. The first kappa shape index (κ1) is 16.2. The Morgan fingerprint density at radius 2 is 1.83 bits per heavy atom. The summed E-state index contributed by atoms with van der Waals surface area (Å²) in [7, 11) is 0. The number of piperidine rings is 1. The second-order valence-electron chi connectivity index (χ2n) is 6.15. The number of fused-ring (bicyclic) bond motifs is 1. The van der Waals surface area contributed by atoms with Crippen LogP contribution in [0.2, 0.25) is 0 Å². The number of para-hydroxylation sites is 1. The fourth-order valence-electron chi connectivity index (χ4n) is 3.10. The van der Waals surface area contributed by atoms with Gasteiger partial charge in [-0.25, -0.2) is 4.98 Å². The van der Waals surface area contributed by atoms with Gasteiger partial charge in [-0.2, -0.15) is 0 Å². The second-order valence-corrected chi connectivity index (χ2v) is 6.15. The van der Waals surface area contributed by atoms with E-state index < -0.39 is 0 Å². The summed E-state index contributed by atoms with van der Waals surface area (Å²) < 4.78 is 0. The monoisotopic (exact) mass is 315 g/mol. The lowest BCUT2D eigenvalue weighted by Crippen LogP contribution is -2.36. The molecule has 1 aliphatic rings. The third kappa shape index (κ3) is 3.80. The maximum absolute atomic E-state index is 9.25. The SMILES string of the molecule is OCC(CO)NCc1cc2ccccc2nc1N1CCCCC1. The van der Waals surface area contributed by atoms with Crippen molar-refractivity contribution >= 4 is 16.7 Å². The van der Waals surface area contributed by atoms with Gasteiger partial charge in [0, 0.05) is 30.6 Å². The smallest absolute Gasteiger partial charge is 0.133 e. The van der Waals surface area contributed by atoms with Crippen LogP contribution in [0.15, 0.2) is 30.3 Å². The van der Waals surface area contributed by atoms with Crippen molar-refractivity contribution in [3.63, 3.8) is 0 Å². The molecule has 2 heterocycles. The molecular weight excluding hydrogens is 290 g/mol. The zero-order valence-corrected chi connectivity index (χ0v) is 13.4. The number of benzene rings is 1. The summed E-state index contributed by atoms with van der Waals surface area (Å²) in [6, 6.07) is 10.0. The Morgan fingerprint density at radius 3 is 2.57 bits per heavy atom. The van der Waals surface area contributed by atoms with E-state index in [0.717, 1.165) is 35.4 Å². The van der Waals surface area contributed by atoms with E-state index in [2.05, 4.69) is 22.3 Å². The van der Waals surface area contributed by atoms with Crippen LogP contribution in [0.4, 0.5) is 5.82 Å². The standard InChI is InChI=1S/C18H25N3O2/c22-12-16(13-23)19-11-15-10-14-6-2-3-7-17(14)20-18(15)21-8-4-1-5-9-21/h2-3,6-7,10,16,19,22-23H,1,4-5,8-9,11-13H2. The fourth-order valence-corrected chi connectivity index (χ4v) is 3.10. The van der Waals surface area contributed by atoms with Gasteiger partial charge in [-0.05, 0) is 31.4 Å². The van der Waals surface area contributed by atoms with Crippen molar-refractivity contribution in [2.24, 2.45) is 0 Å². The quantitative estimate of drug-likeness (QED) is 0.756. The van der Waals surface area contributed by atoms with Crippen LogP contribution >= 0.6 is 0 Å². The Bertz CT molecular complexity index is 637. The predicted molar refractivity (Wildman–Crippen MR) is 92.6 cm³/mol. The van der Waals surface area contributed by atoms with E-state index in [1.165, 1.54) is 19.3 Å². The van der Waals surface area contributed by atoms with Crippen molar-refractivity contribution in [1.29, 1.82) is 0 Å². The average Bonchev–Trinajstić information content (AvgIpc) is 2.62. The van der Waals surface area contributed by atoms with E-state index in [0.29, 0.717) is 6.54 Å². The minimum absolute atomic E-state index is 0.0729. The van der Waals surface area contributed by atoms with Crippen LogP contribution in [0.25, 0.3) is 10.9 Å². The third-order valence-corrected chi connectivity index (χ3v) is 4.46. The molecule has 3 N–H and O–H groups in total. The summed E-state index contributed by atoms with van der Waals surface area (Å²) in [6.45, 7) is 2.53. The van der Waals surface area contributed by atoms with E-state index in [9.17, 15) is 10.2 Å². The number of aromatic nitrogens is 1. The molecule has 1 aromatic heterocycles. The number of anilines is 1. The van der Waals surface area contributed by atoms with Gasteiger partial charge in [-0.3, -0.25) is 0 Å². The molecule has 1 fully saturated rings. The van der Waals surface area contributed by atoms with E-state index in [1.807, 2.05) is 18.2 Å². The Hall–Kier alpha value is -1.69. The molecule has 2 aromatic rings. The summed E-state index contributed by atoms with van der Waals surface area (Å²) in [4.78, 5) is 7.25. The summed E-state index contributed by atoms with van der Waals surface area (Å²) in [6.07, 6.45) is 3.70. The molecule has 23 heavy (non-hydrogen) atoms. The number of pyridine rings is 1. The number of aliphatic hydroxyl groups is 2. The molecule has 3 rings (SSSR count). The lowest BCUT2D eigenvalue weighted by Gasteiger charge is -2.30. The summed E-state index contributed by atoms with van der Waals surface area (Å²) in [5, 5.41) is 22.8. The zero-order valence-electron chi connectivity index (χ0n) is 13.4. The van der Waals surface area contributed by atoms with E-state index in [-0.39, 0.29) is 19.3 Å². The summed E-state index contributed by atoms with van der Waals surface area (Å²) >= 11 is 0. The van der Waals surface area contributed by atoms with E-state index in [4.69, 9.17) is 4.98 Å². The molecule has 5 nitrogen and oxygen atoms in total. The number of aliphatic hydroxyl groups excluding tert-OH is 2. The molecule has 0 radical (unpaired) electrons. The molecular formula is C18H25N3O2. The van der Waals surface area contributed by atoms with Crippen LogP contribution in [0.3, 0.4) is 0 Å². The molecule has 5 heteroatoms. The van der Waals surface area contributed by atoms with E-state index >= 15 is 0 Å². The van der Waals surface area contributed by atoms with Gasteiger partial charge >= 0.3 is 0 Å². The first-order chi connectivity index (χ1) is 11.3. The van der Waals surface area contributed by atoms with Crippen LogP contribution in [-0.2, 0) is 6.54 Å². The largest absolute Gasteiger partial charge is 0.395 e. The Morgan fingerprint density at radius 1 is 1.09 bits per heavy atom. The highest BCUT2D eigenvalue weighted by molar-refractivity contribution is 5.81. The lowest BCUT2D eigenvalue weighted by atomic mass is 10.1. The second kappa shape index (κ2) is 7.73. The molecule has 0 aliphatic carbocycles. The van der Waals surface area contributed by atoms with Gasteiger partial charge in [0.2, 0.25) is 0 Å². The number of hydrogen-bond acceptors (Lipinski definition) is 5. The maximum atomic E-state index is 9.25. The van der Waals surface area contributed by atoms with Crippen molar-refractivity contribution in [1.82, 2.24) is 10.3 Å². The number of nitrogens with one attached hydrogen (secondary N) is 1. The summed E-state index contributed by atoms with van der Waals surface area (Å²) in [5.74, 6) is 1.03. The predicted octanol–water partition coefficient (Wildman–Crippen LogP) is 1.67. The summed E-state index contributed by atoms with van der Waals surface area (Å²) in [5.41, 5.74) is 2.13. The van der Waals surface area contributed by atoms with Crippen molar-refractivity contribution in [3.8, 4) is 0 Å². The molecule has 0 atom stereocenters. The number of rotatable bonds is 6. The lowest BCUT2D eigenvalue weighted by molar-refractivity contribution is 0.170. The Balaban J connectivity index is 1.91. The molecule has 124 valence electrons. The average molecular weight is 315 g/mol. The zero-order chi connectivity index (χ0) is 16.1. The molecule has 0 spiro atoms. The molecule has 1 saturated heterocycles. The normalized spacial score (nSPS) is 15.5. The van der Waals surface area contributed by atoms with Gasteiger partial charge in [0.05, 0.1) is 24.8 Å². The van der Waals surface area contributed by atoms with Gasteiger partial charge < -0.3 is 20.4 Å². The van der Waals surface area contributed by atoms with Crippen LogP contribution in [-0.4, -0.2) is 47.5 Å². The topological polar surface area (TPSA) is 68.6 Å². The highest BCUT2D eigenvalue weighted by Crippen LogP contribution is 2.26. The number of nitrogens with zero attached hydrogens (tertiary/aromatic N) is 2.